The van der Waals surface area contributed by atoms with E-state index < -0.39 is 0 Å². The van der Waals surface area contributed by atoms with Gasteiger partial charge in [-0.1, -0.05) is 23.2 Å². The van der Waals surface area contributed by atoms with Gasteiger partial charge in [0.05, 0.1) is 18.9 Å². The topological polar surface area (TPSA) is 32.7 Å². The molecule has 0 aliphatic carbocycles. The molecular weight excluding hydrogens is 237 g/mol. The fraction of sp³-hybridized carbons (Fsp3) is 0.400. The van der Waals surface area contributed by atoms with Crippen molar-refractivity contribution in [1.82, 2.24) is 4.90 Å². The van der Waals surface area contributed by atoms with E-state index >= 15 is 0 Å². The molecule has 0 aliphatic heterocycles. The molecule has 3 nitrogen and oxygen atoms in total. The van der Waals surface area contributed by atoms with Crippen LogP contribution in [0.4, 0.5) is 0 Å². The highest BCUT2D eigenvalue weighted by molar-refractivity contribution is 6.35. The molecule has 0 aromatic heterocycles. The Bertz CT molecular complexity index is 344. The molecule has 0 heterocycles. The van der Waals surface area contributed by atoms with Crippen LogP contribution in [0.2, 0.25) is 10.0 Å². The van der Waals surface area contributed by atoms with Crippen LogP contribution in [0.3, 0.4) is 0 Å². The molecule has 0 radical (unpaired) electrons. The molecular formula is C10H13Cl2NO2. The summed E-state index contributed by atoms with van der Waals surface area (Å²) in [5.41, 5.74) is 0.853. The van der Waals surface area contributed by atoms with Crippen molar-refractivity contribution in [2.45, 2.75) is 6.54 Å². The zero-order chi connectivity index (χ0) is 11.4. The number of aliphatic hydroxyl groups is 1. The Morgan fingerprint density at radius 1 is 1.40 bits per heavy atom. The lowest BCUT2D eigenvalue weighted by Crippen LogP contribution is -2.18. The second-order valence-corrected chi connectivity index (χ2v) is 4.08. The quantitative estimate of drug-likeness (QED) is 0.833. The molecule has 0 amide bonds. The smallest absolute Gasteiger partial charge is 0.142 e. The first-order valence-corrected chi connectivity index (χ1v) is 5.15. The maximum Gasteiger partial charge on any atom is 0.142 e. The minimum Gasteiger partial charge on any atom is -0.495 e. The van der Waals surface area contributed by atoms with Crippen LogP contribution in [0.5, 0.6) is 5.75 Å². The Morgan fingerprint density at radius 2 is 2.07 bits per heavy atom. The van der Waals surface area contributed by atoms with Crippen molar-refractivity contribution in [3.05, 3.63) is 27.7 Å². The number of benzene rings is 1. The molecule has 0 saturated heterocycles. The van der Waals surface area contributed by atoms with Crippen LogP contribution in [0.15, 0.2) is 12.1 Å². The van der Waals surface area contributed by atoms with Gasteiger partial charge in [0.15, 0.2) is 0 Å². The Kier molecular flexibility index (Phi) is 4.67. The van der Waals surface area contributed by atoms with Gasteiger partial charge in [-0.05, 0) is 19.2 Å². The highest BCUT2D eigenvalue weighted by atomic mass is 35.5. The molecule has 1 N–H and O–H groups in total. The highest BCUT2D eigenvalue weighted by Gasteiger charge is 2.11. The Labute approximate surface area is 99.2 Å². The molecule has 0 saturated carbocycles. The number of nitrogens with zero attached hydrogens (tertiary/aromatic N) is 1. The van der Waals surface area contributed by atoms with Crippen LogP contribution in [-0.4, -0.2) is 30.9 Å². The molecule has 1 rings (SSSR count). The van der Waals surface area contributed by atoms with E-state index in [9.17, 15) is 0 Å². The third-order valence-electron chi connectivity index (χ3n) is 1.97. The lowest BCUT2D eigenvalue weighted by atomic mass is 10.2. The van der Waals surface area contributed by atoms with Gasteiger partial charge in [0.1, 0.15) is 5.75 Å². The Morgan fingerprint density at radius 3 is 2.60 bits per heavy atom. The molecule has 5 heteroatoms. The van der Waals surface area contributed by atoms with E-state index in [0.717, 1.165) is 5.56 Å². The summed E-state index contributed by atoms with van der Waals surface area (Å²) in [4.78, 5) is 1.71. The lowest BCUT2D eigenvalue weighted by molar-refractivity contribution is 0.126. The number of aliphatic hydroxyl groups excluding tert-OH is 1. The van der Waals surface area contributed by atoms with E-state index in [1.165, 1.54) is 0 Å². The van der Waals surface area contributed by atoms with Crippen molar-refractivity contribution < 1.29 is 9.84 Å². The number of halogens is 2. The normalized spacial score (nSPS) is 10.8. The van der Waals surface area contributed by atoms with E-state index in [2.05, 4.69) is 0 Å². The van der Waals surface area contributed by atoms with Crippen molar-refractivity contribution in [3.63, 3.8) is 0 Å². The SMILES string of the molecule is COc1c(Cl)cc(Cl)cc1CN(C)CO. The molecule has 0 spiro atoms. The van der Waals surface area contributed by atoms with Gasteiger partial charge in [0.25, 0.3) is 0 Å². The van der Waals surface area contributed by atoms with Gasteiger partial charge in [0.2, 0.25) is 0 Å². The summed E-state index contributed by atoms with van der Waals surface area (Å²) in [6.45, 7) is 0.493. The molecule has 1 aromatic rings. The van der Waals surface area contributed by atoms with Crippen molar-refractivity contribution in [2.75, 3.05) is 20.9 Å². The first-order valence-electron chi connectivity index (χ1n) is 4.39. The molecule has 0 unspecified atom stereocenters. The number of ether oxygens (including phenoxy) is 1. The number of rotatable bonds is 4. The Balaban J connectivity index is 3.03. The fourth-order valence-corrected chi connectivity index (χ4v) is 1.91. The third-order valence-corrected chi connectivity index (χ3v) is 2.47. The third kappa shape index (κ3) is 3.24. The van der Waals surface area contributed by atoms with E-state index in [-0.39, 0.29) is 6.73 Å². The highest BCUT2D eigenvalue weighted by Crippen LogP contribution is 2.32. The average molecular weight is 250 g/mol. The maximum atomic E-state index is 8.92. The van der Waals surface area contributed by atoms with Crippen LogP contribution in [0.1, 0.15) is 5.56 Å². The van der Waals surface area contributed by atoms with Crippen molar-refractivity contribution in [3.8, 4) is 5.75 Å². The van der Waals surface area contributed by atoms with E-state index in [0.29, 0.717) is 22.3 Å². The predicted octanol–water partition coefficient (Wildman–Crippen LogP) is 2.38. The molecule has 15 heavy (non-hydrogen) atoms. The van der Waals surface area contributed by atoms with Crippen molar-refractivity contribution in [2.24, 2.45) is 0 Å². The fourth-order valence-electron chi connectivity index (χ4n) is 1.30. The Hall–Kier alpha value is -0.480. The van der Waals surface area contributed by atoms with E-state index in [1.807, 2.05) is 0 Å². The lowest BCUT2D eigenvalue weighted by Gasteiger charge is -2.16. The van der Waals surface area contributed by atoms with Crippen LogP contribution in [-0.2, 0) is 6.54 Å². The maximum absolute atomic E-state index is 8.92. The summed E-state index contributed by atoms with van der Waals surface area (Å²) in [5.74, 6) is 0.598. The minimum absolute atomic E-state index is 0.0344. The van der Waals surface area contributed by atoms with Crippen LogP contribution in [0.25, 0.3) is 0 Å². The standard InChI is InChI=1S/C10H13Cl2NO2/c1-13(6-14)5-7-3-8(11)4-9(12)10(7)15-2/h3-4,14H,5-6H2,1-2H3. The molecule has 0 fully saturated rings. The summed E-state index contributed by atoms with van der Waals surface area (Å²) < 4.78 is 5.18. The molecule has 0 aliphatic rings. The largest absolute Gasteiger partial charge is 0.495 e. The number of hydrogen-bond acceptors (Lipinski definition) is 3. The van der Waals surface area contributed by atoms with Gasteiger partial charge < -0.3 is 9.84 Å². The summed E-state index contributed by atoms with van der Waals surface area (Å²) in [5, 5.41) is 9.95. The van der Waals surface area contributed by atoms with Crippen molar-refractivity contribution in [1.29, 1.82) is 0 Å². The molecule has 1 aromatic carbocycles. The van der Waals surface area contributed by atoms with Gasteiger partial charge in [-0.2, -0.15) is 0 Å². The summed E-state index contributed by atoms with van der Waals surface area (Å²) in [7, 11) is 3.34. The predicted molar refractivity (Wildman–Crippen MR) is 61.6 cm³/mol. The summed E-state index contributed by atoms with van der Waals surface area (Å²) in [6, 6.07) is 3.41. The second-order valence-electron chi connectivity index (χ2n) is 3.24. The van der Waals surface area contributed by atoms with Crippen LogP contribution >= 0.6 is 23.2 Å². The van der Waals surface area contributed by atoms with Gasteiger partial charge in [-0.15, -0.1) is 0 Å². The summed E-state index contributed by atoms with van der Waals surface area (Å²) in [6.07, 6.45) is 0. The van der Waals surface area contributed by atoms with Gasteiger partial charge in [-0.25, -0.2) is 0 Å². The van der Waals surface area contributed by atoms with Crippen molar-refractivity contribution >= 4 is 23.2 Å². The first-order chi connectivity index (χ1) is 7.08. The van der Waals surface area contributed by atoms with Gasteiger partial charge in [0, 0.05) is 17.1 Å². The zero-order valence-corrected chi connectivity index (χ0v) is 10.1. The monoisotopic (exact) mass is 249 g/mol. The van der Waals surface area contributed by atoms with E-state index in [1.54, 1.807) is 31.2 Å². The zero-order valence-electron chi connectivity index (χ0n) is 8.63. The van der Waals surface area contributed by atoms with E-state index in [4.69, 9.17) is 33.0 Å². The first kappa shape index (κ1) is 12.6. The van der Waals surface area contributed by atoms with Crippen LogP contribution in [0, 0.1) is 0 Å². The average Bonchev–Trinajstić information content (AvgIpc) is 2.17. The van der Waals surface area contributed by atoms with Gasteiger partial charge >= 0.3 is 0 Å². The summed E-state index contributed by atoms with van der Waals surface area (Å²) >= 11 is 11.9. The molecule has 0 atom stereocenters. The second kappa shape index (κ2) is 5.56. The van der Waals surface area contributed by atoms with Crippen LogP contribution < -0.4 is 4.74 Å². The number of methoxy groups -OCH3 is 1. The van der Waals surface area contributed by atoms with Gasteiger partial charge in [-0.3, -0.25) is 4.90 Å². The minimum atomic E-state index is -0.0344. The number of hydrogen-bond donors (Lipinski definition) is 1. The molecule has 84 valence electrons. The molecule has 0 bridgehead atoms.